The van der Waals surface area contributed by atoms with Gasteiger partial charge in [0.15, 0.2) is 5.58 Å². The van der Waals surface area contributed by atoms with Gasteiger partial charge in [0.1, 0.15) is 17.2 Å². The number of aryl methyl sites for hydroxylation is 2. The summed E-state index contributed by atoms with van der Waals surface area (Å²) in [6.07, 6.45) is 0. The molecular weight excluding hydrogens is 386 g/mol. The highest BCUT2D eigenvalue weighted by Crippen LogP contribution is 2.21. The van der Waals surface area contributed by atoms with Crippen LogP contribution in [0.15, 0.2) is 65.1 Å². The molecule has 4 aromatic rings. The van der Waals surface area contributed by atoms with Crippen LogP contribution in [0.1, 0.15) is 32.9 Å². The van der Waals surface area contributed by atoms with Crippen LogP contribution in [-0.2, 0) is 13.1 Å². The molecule has 30 heavy (non-hydrogen) atoms. The molecule has 0 unspecified atom stereocenters. The van der Waals surface area contributed by atoms with E-state index >= 15 is 0 Å². The van der Waals surface area contributed by atoms with E-state index in [4.69, 9.17) is 4.42 Å². The van der Waals surface area contributed by atoms with Crippen molar-refractivity contribution in [3.05, 3.63) is 100 Å². The molecule has 0 N–H and O–H groups in total. The predicted octanol–water partition coefficient (Wildman–Crippen LogP) is 5.57. The van der Waals surface area contributed by atoms with Gasteiger partial charge < -0.3 is 9.32 Å². The van der Waals surface area contributed by atoms with Crippen molar-refractivity contribution in [1.82, 2.24) is 9.88 Å². The number of hydrogen-bond acceptors (Lipinski definition) is 3. The van der Waals surface area contributed by atoms with Crippen LogP contribution in [0.2, 0.25) is 0 Å². The summed E-state index contributed by atoms with van der Waals surface area (Å²) in [5.41, 5.74) is 3.80. The minimum atomic E-state index is -0.577. The summed E-state index contributed by atoms with van der Waals surface area (Å²) < 4.78 is 33.7. The van der Waals surface area contributed by atoms with Crippen LogP contribution in [0, 0.1) is 25.5 Å². The minimum absolute atomic E-state index is 0.0243. The lowest BCUT2D eigenvalue weighted by Gasteiger charge is -2.22. The number of carbonyl (C=O) groups excluding carboxylic acids is 1. The largest absolute Gasteiger partial charge is 0.439 e. The average Bonchev–Trinajstić information content (AvgIpc) is 3.11. The van der Waals surface area contributed by atoms with Gasteiger partial charge in [0.25, 0.3) is 5.91 Å². The molecular formula is C24H20F2N2O2. The molecule has 4 rings (SSSR count). The fraction of sp³-hybridized carbons (Fsp3) is 0.167. The van der Waals surface area contributed by atoms with Crippen molar-refractivity contribution in [3.63, 3.8) is 0 Å². The van der Waals surface area contributed by atoms with E-state index in [1.54, 1.807) is 18.2 Å². The van der Waals surface area contributed by atoms with E-state index in [0.717, 1.165) is 29.3 Å². The molecule has 1 heterocycles. The van der Waals surface area contributed by atoms with Crippen LogP contribution < -0.4 is 0 Å². The maximum Gasteiger partial charge on any atom is 0.254 e. The molecule has 0 fully saturated rings. The number of oxazole rings is 1. The number of fused-ring (bicyclic) bond motifs is 1. The Morgan fingerprint density at radius 2 is 1.77 bits per heavy atom. The van der Waals surface area contributed by atoms with E-state index in [1.165, 1.54) is 4.90 Å². The smallest absolute Gasteiger partial charge is 0.254 e. The summed E-state index contributed by atoms with van der Waals surface area (Å²) in [7, 11) is 0. The van der Waals surface area contributed by atoms with E-state index in [2.05, 4.69) is 4.98 Å². The van der Waals surface area contributed by atoms with Crippen LogP contribution >= 0.6 is 0 Å². The molecule has 3 aromatic carbocycles. The van der Waals surface area contributed by atoms with E-state index in [-0.39, 0.29) is 24.6 Å². The molecule has 0 aliphatic heterocycles. The standard InChI is InChI=1S/C24H20F2N2O2/c1-15-4-3-5-17(10-15)24(29)28(13-18-12-19(25)7-8-20(18)26)14-23-27-21-11-16(2)6-9-22(21)30-23/h3-12H,13-14H2,1-2H3. The number of rotatable bonds is 5. The SMILES string of the molecule is Cc1cccc(C(=O)N(Cc2nc3cc(C)ccc3o2)Cc2cc(F)ccc2F)c1. The summed E-state index contributed by atoms with van der Waals surface area (Å²) in [5.74, 6) is -1.13. The van der Waals surface area contributed by atoms with Crippen molar-refractivity contribution in [2.75, 3.05) is 0 Å². The van der Waals surface area contributed by atoms with Crippen LogP contribution in [0.3, 0.4) is 0 Å². The topological polar surface area (TPSA) is 46.3 Å². The van der Waals surface area contributed by atoms with Crippen LogP contribution in [0.5, 0.6) is 0 Å². The van der Waals surface area contributed by atoms with Gasteiger partial charge in [-0.2, -0.15) is 0 Å². The van der Waals surface area contributed by atoms with Crippen molar-refractivity contribution in [2.24, 2.45) is 0 Å². The van der Waals surface area contributed by atoms with Crippen molar-refractivity contribution in [2.45, 2.75) is 26.9 Å². The summed E-state index contributed by atoms with van der Waals surface area (Å²) in [4.78, 5) is 19.1. The maximum absolute atomic E-state index is 14.3. The number of amides is 1. The Bertz CT molecular complexity index is 1230. The van der Waals surface area contributed by atoms with Crippen molar-refractivity contribution < 1.29 is 18.0 Å². The van der Waals surface area contributed by atoms with Gasteiger partial charge in [-0.3, -0.25) is 4.79 Å². The normalized spacial score (nSPS) is 11.1. The molecule has 0 atom stereocenters. The Morgan fingerprint density at radius 3 is 2.57 bits per heavy atom. The molecule has 0 saturated heterocycles. The zero-order valence-electron chi connectivity index (χ0n) is 16.7. The first-order chi connectivity index (χ1) is 14.4. The second-order valence-corrected chi connectivity index (χ2v) is 7.35. The van der Waals surface area contributed by atoms with Crippen molar-refractivity contribution in [1.29, 1.82) is 0 Å². The Kier molecular flexibility index (Phi) is 5.31. The summed E-state index contributed by atoms with van der Waals surface area (Å²) in [6, 6.07) is 15.9. The number of carbonyl (C=O) groups is 1. The fourth-order valence-corrected chi connectivity index (χ4v) is 3.35. The van der Waals surface area contributed by atoms with Gasteiger partial charge in [0.2, 0.25) is 5.89 Å². The van der Waals surface area contributed by atoms with Gasteiger partial charge in [-0.15, -0.1) is 0 Å². The van der Waals surface area contributed by atoms with Gasteiger partial charge in [-0.25, -0.2) is 13.8 Å². The fourth-order valence-electron chi connectivity index (χ4n) is 3.35. The molecule has 0 aliphatic rings. The molecule has 0 saturated carbocycles. The van der Waals surface area contributed by atoms with Gasteiger partial charge >= 0.3 is 0 Å². The highest BCUT2D eigenvalue weighted by Gasteiger charge is 2.21. The third kappa shape index (κ3) is 4.22. The van der Waals surface area contributed by atoms with E-state index in [1.807, 2.05) is 38.1 Å². The zero-order valence-corrected chi connectivity index (χ0v) is 16.7. The molecule has 0 aliphatic carbocycles. The Hall–Kier alpha value is -3.54. The molecule has 0 spiro atoms. The molecule has 1 amide bonds. The lowest BCUT2D eigenvalue weighted by Crippen LogP contribution is -2.30. The van der Waals surface area contributed by atoms with E-state index in [0.29, 0.717) is 22.6 Å². The number of nitrogens with zero attached hydrogens (tertiary/aromatic N) is 2. The Balaban J connectivity index is 1.69. The van der Waals surface area contributed by atoms with Gasteiger partial charge in [-0.1, -0.05) is 23.8 Å². The van der Waals surface area contributed by atoms with E-state index in [9.17, 15) is 13.6 Å². The average molecular weight is 406 g/mol. The number of aromatic nitrogens is 1. The Morgan fingerprint density at radius 1 is 0.967 bits per heavy atom. The molecule has 0 radical (unpaired) electrons. The summed E-state index contributed by atoms with van der Waals surface area (Å²) in [5, 5.41) is 0. The second kappa shape index (κ2) is 8.06. The second-order valence-electron chi connectivity index (χ2n) is 7.35. The third-order valence-corrected chi connectivity index (χ3v) is 4.83. The monoisotopic (exact) mass is 406 g/mol. The maximum atomic E-state index is 14.3. The minimum Gasteiger partial charge on any atom is -0.439 e. The van der Waals surface area contributed by atoms with Crippen LogP contribution in [0.25, 0.3) is 11.1 Å². The lowest BCUT2D eigenvalue weighted by molar-refractivity contribution is 0.0713. The van der Waals surface area contributed by atoms with E-state index < -0.39 is 11.6 Å². The third-order valence-electron chi connectivity index (χ3n) is 4.83. The highest BCUT2D eigenvalue weighted by molar-refractivity contribution is 5.94. The summed E-state index contributed by atoms with van der Waals surface area (Å²) >= 11 is 0. The van der Waals surface area contributed by atoms with Gasteiger partial charge in [-0.05, 0) is 61.9 Å². The van der Waals surface area contributed by atoms with Crippen LogP contribution in [0.4, 0.5) is 8.78 Å². The zero-order chi connectivity index (χ0) is 21.3. The van der Waals surface area contributed by atoms with Crippen molar-refractivity contribution in [3.8, 4) is 0 Å². The first-order valence-corrected chi connectivity index (χ1v) is 9.55. The lowest BCUT2D eigenvalue weighted by atomic mass is 10.1. The Labute approximate surface area is 172 Å². The quantitative estimate of drug-likeness (QED) is 0.436. The predicted molar refractivity (Wildman–Crippen MR) is 110 cm³/mol. The van der Waals surface area contributed by atoms with Crippen LogP contribution in [-0.4, -0.2) is 15.8 Å². The molecule has 152 valence electrons. The molecule has 0 bridgehead atoms. The number of halogens is 2. The first kappa shape index (κ1) is 19.8. The highest BCUT2D eigenvalue weighted by atomic mass is 19.1. The number of hydrogen-bond donors (Lipinski definition) is 0. The summed E-state index contributed by atoms with van der Waals surface area (Å²) in [6.45, 7) is 3.75. The molecule has 4 nitrogen and oxygen atoms in total. The van der Waals surface area contributed by atoms with Gasteiger partial charge in [0, 0.05) is 17.7 Å². The van der Waals surface area contributed by atoms with Gasteiger partial charge in [0.05, 0.1) is 6.54 Å². The first-order valence-electron chi connectivity index (χ1n) is 9.55. The number of benzene rings is 3. The van der Waals surface area contributed by atoms with Crippen molar-refractivity contribution >= 4 is 17.0 Å². The molecule has 1 aromatic heterocycles. The molecule has 6 heteroatoms.